The van der Waals surface area contributed by atoms with Gasteiger partial charge in [0.2, 0.25) is 0 Å². The first-order chi connectivity index (χ1) is 12.5. The standard InChI is InChI=1S/C21H24ClNO3/c1-14-4-3-5-16(12-14)20(18-13-17(22)6-7-19(18)26-2)23-10-8-15(9-11-23)21(24)25/h3-7,12-13,15,20H,8-11H2,1-2H3,(H,24,25). The maximum Gasteiger partial charge on any atom is 0.306 e. The van der Waals surface area contributed by atoms with Crippen molar-refractivity contribution in [2.24, 2.45) is 5.92 Å². The number of methoxy groups -OCH3 is 1. The number of hydrogen-bond donors (Lipinski definition) is 1. The van der Waals surface area contributed by atoms with E-state index in [0.29, 0.717) is 17.9 Å². The molecule has 1 N–H and O–H groups in total. The molecule has 1 aliphatic rings. The van der Waals surface area contributed by atoms with Crippen LogP contribution in [-0.4, -0.2) is 36.2 Å². The van der Waals surface area contributed by atoms with Gasteiger partial charge < -0.3 is 9.84 Å². The largest absolute Gasteiger partial charge is 0.496 e. The summed E-state index contributed by atoms with van der Waals surface area (Å²) in [6.07, 6.45) is 1.31. The van der Waals surface area contributed by atoms with Gasteiger partial charge in [-0.25, -0.2) is 0 Å². The molecule has 0 spiro atoms. The van der Waals surface area contributed by atoms with Crippen LogP contribution in [0.15, 0.2) is 42.5 Å². The van der Waals surface area contributed by atoms with E-state index in [0.717, 1.165) is 24.4 Å². The lowest BCUT2D eigenvalue weighted by Crippen LogP contribution is -2.39. The first-order valence-electron chi connectivity index (χ1n) is 8.86. The van der Waals surface area contributed by atoms with Crippen LogP contribution in [0.1, 0.15) is 35.6 Å². The Kier molecular flexibility index (Phi) is 5.84. The highest BCUT2D eigenvalue weighted by atomic mass is 35.5. The Bertz CT molecular complexity index is 785. The number of carboxylic acids is 1. The number of aliphatic carboxylic acids is 1. The monoisotopic (exact) mass is 373 g/mol. The van der Waals surface area contributed by atoms with Gasteiger partial charge in [0.1, 0.15) is 5.75 Å². The smallest absolute Gasteiger partial charge is 0.306 e. The predicted octanol–water partition coefficient (Wildman–Crippen LogP) is 4.54. The van der Waals surface area contributed by atoms with E-state index < -0.39 is 5.97 Å². The van der Waals surface area contributed by atoms with Crippen LogP contribution in [0.3, 0.4) is 0 Å². The molecular weight excluding hydrogens is 350 g/mol. The Hall–Kier alpha value is -2.04. The van der Waals surface area contributed by atoms with Gasteiger partial charge in [-0.2, -0.15) is 0 Å². The van der Waals surface area contributed by atoms with Crippen LogP contribution in [0.2, 0.25) is 5.02 Å². The summed E-state index contributed by atoms with van der Waals surface area (Å²) in [6.45, 7) is 3.53. The molecule has 3 rings (SSSR count). The maximum absolute atomic E-state index is 11.3. The second kappa shape index (κ2) is 8.11. The molecule has 1 unspecified atom stereocenters. The molecule has 5 heteroatoms. The second-order valence-corrected chi connectivity index (χ2v) is 7.29. The van der Waals surface area contributed by atoms with Crippen molar-refractivity contribution in [1.29, 1.82) is 0 Å². The molecule has 0 radical (unpaired) electrons. The van der Waals surface area contributed by atoms with E-state index in [2.05, 4.69) is 36.1 Å². The summed E-state index contributed by atoms with van der Waals surface area (Å²) in [5, 5.41) is 9.96. The zero-order chi connectivity index (χ0) is 18.7. The van der Waals surface area contributed by atoms with Crippen LogP contribution in [0, 0.1) is 12.8 Å². The molecule has 0 bridgehead atoms. The molecule has 26 heavy (non-hydrogen) atoms. The van der Waals surface area contributed by atoms with Crippen molar-refractivity contribution in [3.8, 4) is 5.75 Å². The Morgan fingerprint density at radius 1 is 1.23 bits per heavy atom. The van der Waals surface area contributed by atoms with Crippen molar-refractivity contribution < 1.29 is 14.6 Å². The highest BCUT2D eigenvalue weighted by Gasteiger charge is 2.31. The van der Waals surface area contributed by atoms with Crippen molar-refractivity contribution in [1.82, 2.24) is 4.90 Å². The fourth-order valence-electron chi connectivity index (χ4n) is 3.75. The maximum atomic E-state index is 11.3. The third-order valence-electron chi connectivity index (χ3n) is 5.09. The van der Waals surface area contributed by atoms with Gasteiger partial charge in [0, 0.05) is 10.6 Å². The number of carbonyl (C=O) groups is 1. The molecule has 138 valence electrons. The number of piperidine rings is 1. The lowest BCUT2D eigenvalue weighted by molar-refractivity contribution is -0.143. The highest BCUT2D eigenvalue weighted by molar-refractivity contribution is 6.30. The van der Waals surface area contributed by atoms with Crippen LogP contribution >= 0.6 is 11.6 Å². The summed E-state index contributed by atoms with van der Waals surface area (Å²) >= 11 is 6.29. The number of benzene rings is 2. The number of halogens is 1. The number of ether oxygens (including phenoxy) is 1. The second-order valence-electron chi connectivity index (χ2n) is 6.85. The number of aryl methyl sites for hydroxylation is 1. The van der Waals surface area contributed by atoms with Crippen molar-refractivity contribution >= 4 is 17.6 Å². The molecule has 0 aliphatic carbocycles. The molecule has 0 saturated carbocycles. The first kappa shape index (κ1) is 18.7. The fraction of sp³-hybridized carbons (Fsp3) is 0.381. The molecule has 1 saturated heterocycles. The molecule has 4 nitrogen and oxygen atoms in total. The highest BCUT2D eigenvalue weighted by Crippen LogP contribution is 2.38. The molecule has 1 fully saturated rings. The van der Waals surface area contributed by atoms with Gasteiger partial charge in [-0.15, -0.1) is 0 Å². The number of rotatable bonds is 5. The summed E-state index contributed by atoms with van der Waals surface area (Å²) in [6, 6.07) is 14.1. The average Bonchev–Trinajstić information content (AvgIpc) is 2.63. The van der Waals surface area contributed by atoms with E-state index in [1.165, 1.54) is 11.1 Å². The molecule has 2 aromatic carbocycles. The third kappa shape index (κ3) is 4.02. The van der Waals surface area contributed by atoms with E-state index in [1.54, 1.807) is 7.11 Å². The molecule has 0 amide bonds. The Morgan fingerprint density at radius 2 is 1.96 bits per heavy atom. The lowest BCUT2D eigenvalue weighted by atomic mass is 9.90. The van der Waals surface area contributed by atoms with Crippen molar-refractivity contribution in [3.63, 3.8) is 0 Å². The van der Waals surface area contributed by atoms with Crippen LogP contribution in [-0.2, 0) is 4.79 Å². The van der Waals surface area contributed by atoms with Gasteiger partial charge in [0.25, 0.3) is 0 Å². The minimum atomic E-state index is -0.697. The Labute approximate surface area is 159 Å². The Morgan fingerprint density at radius 3 is 2.58 bits per heavy atom. The molecule has 1 atom stereocenters. The predicted molar refractivity (Wildman–Crippen MR) is 103 cm³/mol. The normalized spacial score (nSPS) is 17.0. The van der Waals surface area contributed by atoms with Gasteiger partial charge in [-0.1, -0.05) is 41.4 Å². The van der Waals surface area contributed by atoms with E-state index in [9.17, 15) is 9.90 Å². The SMILES string of the molecule is COc1ccc(Cl)cc1C(c1cccc(C)c1)N1CCC(C(=O)O)CC1. The fourth-order valence-corrected chi connectivity index (χ4v) is 3.93. The zero-order valence-corrected chi connectivity index (χ0v) is 15.9. The summed E-state index contributed by atoms with van der Waals surface area (Å²) in [5.41, 5.74) is 3.37. The number of carboxylic acid groups (broad SMARTS) is 1. The van der Waals surface area contributed by atoms with Gasteiger partial charge in [-0.05, 0) is 56.6 Å². The van der Waals surface area contributed by atoms with Gasteiger partial charge in [0.15, 0.2) is 0 Å². The molecule has 1 heterocycles. The minimum absolute atomic E-state index is 0.0155. The van der Waals surface area contributed by atoms with Crippen LogP contribution in [0.5, 0.6) is 5.75 Å². The zero-order valence-electron chi connectivity index (χ0n) is 15.1. The third-order valence-corrected chi connectivity index (χ3v) is 5.32. The average molecular weight is 374 g/mol. The van der Waals surface area contributed by atoms with Crippen LogP contribution in [0.25, 0.3) is 0 Å². The number of nitrogens with zero attached hydrogens (tertiary/aromatic N) is 1. The van der Waals surface area contributed by atoms with Crippen molar-refractivity contribution in [3.05, 3.63) is 64.2 Å². The number of likely N-dealkylation sites (tertiary alicyclic amines) is 1. The molecule has 1 aliphatic heterocycles. The summed E-state index contributed by atoms with van der Waals surface area (Å²) < 4.78 is 5.60. The minimum Gasteiger partial charge on any atom is -0.496 e. The van der Waals surface area contributed by atoms with E-state index in [1.807, 2.05) is 18.2 Å². The lowest BCUT2D eigenvalue weighted by Gasteiger charge is -2.37. The summed E-state index contributed by atoms with van der Waals surface area (Å²) in [5.74, 6) is -0.163. The van der Waals surface area contributed by atoms with Crippen molar-refractivity contribution in [2.45, 2.75) is 25.8 Å². The van der Waals surface area contributed by atoms with E-state index in [4.69, 9.17) is 16.3 Å². The Balaban J connectivity index is 2.01. The van der Waals surface area contributed by atoms with E-state index >= 15 is 0 Å². The van der Waals surface area contributed by atoms with Crippen molar-refractivity contribution in [2.75, 3.05) is 20.2 Å². The summed E-state index contributed by atoms with van der Waals surface area (Å²) in [4.78, 5) is 13.6. The first-order valence-corrected chi connectivity index (χ1v) is 9.24. The van der Waals surface area contributed by atoms with Crippen LogP contribution in [0.4, 0.5) is 0 Å². The van der Waals surface area contributed by atoms with Gasteiger partial charge in [-0.3, -0.25) is 9.69 Å². The van der Waals surface area contributed by atoms with Gasteiger partial charge in [0.05, 0.1) is 19.1 Å². The van der Waals surface area contributed by atoms with Crippen LogP contribution < -0.4 is 4.74 Å². The molecule has 2 aromatic rings. The molecular formula is C21H24ClNO3. The molecule has 0 aromatic heterocycles. The summed E-state index contributed by atoms with van der Waals surface area (Å²) in [7, 11) is 1.66. The van der Waals surface area contributed by atoms with Gasteiger partial charge >= 0.3 is 5.97 Å². The topological polar surface area (TPSA) is 49.8 Å². The van der Waals surface area contributed by atoms with E-state index in [-0.39, 0.29) is 12.0 Å². The quantitative estimate of drug-likeness (QED) is 0.835. The number of hydrogen-bond acceptors (Lipinski definition) is 3.